The topological polar surface area (TPSA) is 93.1 Å². The highest BCUT2D eigenvalue weighted by Gasteiger charge is 2.18. The first-order valence-electron chi connectivity index (χ1n) is 10.3. The lowest BCUT2D eigenvalue weighted by atomic mass is 10.1. The number of aromatic nitrogens is 2. The third-order valence-electron chi connectivity index (χ3n) is 5.02. The van der Waals surface area contributed by atoms with Crippen molar-refractivity contribution in [2.24, 2.45) is 0 Å². The number of aryl methyl sites for hydroxylation is 1. The molecule has 8 heteroatoms. The first kappa shape index (κ1) is 22.2. The van der Waals surface area contributed by atoms with Crippen LogP contribution in [0.4, 0.5) is 11.4 Å². The second-order valence-corrected chi connectivity index (χ2v) is 8.06. The summed E-state index contributed by atoms with van der Waals surface area (Å²) >= 11 is 5.90. The van der Waals surface area contributed by atoms with Crippen molar-refractivity contribution in [3.63, 3.8) is 0 Å². The highest BCUT2D eigenvalue weighted by atomic mass is 35.5. The minimum atomic E-state index is -0.433. The van der Waals surface area contributed by atoms with Crippen LogP contribution in [0.5, 0.6) is 0 Å². The number of hydrogen-bond acceptors (Lipinski definition) is 4. The van der Waals surface area contributed by atoms with E-state index in [4.69, 9.17) is 11.6 Å². The minimum absolute atomic E-state index is 0.153. The molecule has 0 spiro atoms. The Bertz CT molecular complexity index is 1430. The Morgan fingerprint density at radius 1 is 1.00 bits per heavy atom. The van der Waals surface area contributed by atoms with Crippen molar-refractivity contribution in [3.05, 3.63) is 87.7 Å². The quantitative estimate of drug-likeness (QED) is 0.454. The number of para-hydroxylation sites is 2. The van der Waals surface area contributed by atoms with Crippen LogP contribution in [-0.4, -0.2) is 21.4 Å². The molecule has 0 fully saturated rings. The number of benzene rings is 3. The molecular formula is C25H21ClN4O3. The number of amides is 2. The van der Waals surface area contributed by atoms with Gasteiger partial charge in [-0.2, -0.15) is 0 Å². The second-order valence-electron chi connectivity index (χ2n) is 7.63. The minimum Gasteiger partial charge on any atom is -0.326 e. The van der Waals surface area contributed by atoms with E-state index in [1.807, 2.05) is 19.1 Å². The molecule has 166 valence electrons. The maximum absolute atomic E-state index is 13.6. The van der Waals surface area contributed by atoms with Crippen molar-refractivity contribution in [2.45, 2.75) is 20.4 Å². The Balaban J connectivity index is 1.81. The molecule has 0 unspecified atom stereocenters. The molecule has 3 aromatic carbocycles. The summed E-state index contributed by atoms with van der Waals surface area (Å²) in [7, 11) is 0. The number of fused-ring (bicyclic) bond motifs is 1. The van der Waals surface area contributed by atoms with Gasteiger partial charge in [0.05, 0.1) is 16.7 Å². The number of nitrogens with one attached hydrogen (secondary N) is 2. The van der Waals surface area contributed by atoms with Crippen molar-refractivity contribution < 1.29 is 9.59 Å². The monoisotopic (exact) mass is 460 g/mol. The summed E-state index contributed by atoms with van der Waals surface area (Å²) in [6.07, 6.45) is 0. The Morgan fingerprint density at radius 2 is 1.73 bits per heavy atom. The zero-order chi connectivity index (χ0) is 23.5. The van der Waals surface area contributed by atoms with Crippen LogP contribution in [-0.2, 0) is 16.1 Å². The molecule has 1 heterocycles. The normalized spacial score (nSPS) is 10.8. The van der Waals surface area contributed by atoms with E-state index >= 15 is 0 Å². The van der Waals surface area contributed by atoms with E-state index < -0.39 is 5.56 Å². The first-order valence-corrected chi connectivity index (χ1v) is 10.6. The van der Waals surface area contributed by atoms with Crippen LogP contribution >= 0.6 is 11.6 Å². The molecule has 0 aliphatic heterocycles. The van der Waals surface area contributed by atoms with Gasteiger partial charge in [0.1, 0.15) is 12.2 Å². The van der Waals surface area contributed by atoms with Gasteiger partial charge in [0.2, 0.25) is 11.8 Å². The van der Waals surface area contributed by atoms with Crippen LogP contribution in [0.2, 0.25) is 5.02 Å². The predicted molar refractivity (Wildman–Crippen MR) is 131 cm³/mol. The van der Waals surface area contributed by atoms with E-state index in [1.165, 1.54) is 11.5 Å². The molecule has 4 aromatic rings. The average Bonchev–Trinajstić information content (AvgIpc) is 2.78. The summed E-state index contributed by atoms with van der Waals surface area (Å²) in [5.41, 5.74) is 3.26. The van der Waals surface area contributed by atoms with Crippen LogP contribution in [0.3, 0.4) is 0 Å². The van der Waals surface area contributed by atoms with Gasteiger partial charge in [-0.25, -0.2) is 4.98 Å². The fourth-order valence-electron chi connectivity index (χ4n) is 3.55. The predicted octanol–water partition coefficient (Wildman–Crippen LogP) is 4.62. The Labute approximate surface area is 195 Å². The number of halogens is 1. The third-order valence-corrected chi connectivity index (χ3v) is 5.28. The van der Waals surface area contributed by atoms with Gasteiger partial charge >= 0.3 is 0 Å². The SMILES string of the molecule is CC(=O)Nc1ccc(C)cc1-c1nc2ccccc2n(CC(=O)Nc2ccc(Cl)cc2)c1=O. The largest absolute Gasteiger partial charge is 0.326 e. The van der Waals surface area contributed by atoms with E-state index in [9.17, 15) is 14.4 Å². The zero-order valence-corrected chi connectivity index (χ0v) is 18.8. The van der Waals surface area contributed by atoms with E-state index in [-0.39, 0.29) is 24.1 Å². The number of anilines is 2. The summed E-state index contributed by atoms with van der Waals surface area (Å²) < 4.78 is 1.39. The molecule has 0 bridgehead atoms. The Morgan fingerprint density at radius 3 is 2.45 bits per heavy atom. The first-order chi connectivity index (χ1) is 15.8. The van der Waals surface area contributed by atoms with Gasteiger partial charge in [0.25, 0.3) is 5.56 Å². The summed E-state index contributed by atoms with van der Waals surface area (Å²) in [5, 5.41) is 6.09. The lowest BCUT2D eigenvalue weighted by Crippen LogP contribution is -2.30. The van der Waals surface area contributed by atoms with Crippen LogP contribution in [0.15, 0.2) is 71.5 Å². The molecule has 0 atom stereocenters. The van der Waals surface area contributed by atoms with Crippen molar-refractivity contribution >= 4 is 45.8 Å². The molecule has 2 amide bonds. The standard InChI is InChI=1S/C25H21ClN4O3/c1-15-7-12-20(27-16(2)31)19(13-15)24-25(33)30(22-6-4-3-5-21(22)29-24)14-23(32)28-18-10-8-17(26)9-11-18/h3-13H,14H2,1-2H3,(H,27,31)(H,28,32). The molecule has 0 aliphatic rings. The number of carbonyl (C=O) groups excluding carboxylic acids is 2. The number of rotatable bonds is 5. The van der Waals surface area contributed by atoms with Crippen molar-refractivity contribution in [3.8, 4) is 11.3 Å². The fraction of sp³-hybridized carbons (Fsp3) is 0.120. The van der Waals surface area contributed by atoms with Crippen molar-refractivity contribution in [1.29, 1.82) is 0 Å². The number of hydrogen-bond donors (Lipinski definition) is 2. The maximum atomic E-state index is 13.6. The van der Waals surface area contributed by atoms with Gasteiger partial charge in [-0.05, 0) is 55.5 Å². The van der Waals surface area contributed by atoms with Crippen LogP contribution < -0.4 is 16.2 Å². The van der Waals surface area contributed by atoms with E-state index in [0.717, 1.165) is 5.56 Å². The molecule has 33 heavy (non-hydrogen) atoms. The van der Waals surface area contributed by atoms with Crippen LogP contribution in [0.1, 0.15) is 12.5 Å². The zero-order valence-electron chi connectivity index (χ0n) is 18.1. The molecule has 0 saturated carbocycles. The van der Waals surface area contributed by atoms with Crippen LogP contribution in [0, 0.1) is 6.92 Å². The Hall–Kier alpha value is -3.97. The lowest BCUT2D eigenvalue weighted by Gasteiger charge is -2.15. The molecule has 0 saturated heterocycles. The highest BCUT2D eigenvalue weighted by Crippen LogP contribution is 2.27. The third kappa shape index (κ3) is 4.94. The van der Waals surface area contributed by atoms with Gasteiger partial charge in [-0.15, -0.1) is 0 Å². The van der Waals surface area contributed by atoms with Crippen molar-refractivity contribution in [1.82, 2.24) is 9.55 Å². The van der Waals surface area contributed by atoms with E-state index in [0.29, 0.717) is 33.0 Å². The molecule has 0 radical (unpaired) electrons. The maximum Gasteiger partial charge on any atom is 0.278 e. The highest BCUT2D eigenvalue weighted by molar-refractivity contribution is 6.30. The molecule has 4 rings (SSSR count). The summed E-state index contributed by atoms with van der Waals surface area (Å²) in [6, 6.07) is 19.2. The van der Waals surface area contributed by atoms with Gasteiger partial charge in [-0.1, -0.05) is 35.4 Å². The van der Waals surface area contributed by atoms with E-state index in [2.05, 4.69) is 15.6 Å². The average molecular weight is 461 g/mol. The van der Waals surface area contributed by atoms with Gasteiger partial charge < -0.3 is 10.6 Å². The lowest BCUT2D eigenvalue weighted by molar-refractivity contribution is -0.117. The fourth-order valence-corrected chi connectivity index (χ4v) is 3.68. The summed E-state index contributed by atoms with van der Waals surface area (Å²) in [6.45, 7) is 3.08. The second kappa shape index (κ2) is 9.26. The molecule has 1 aromatic heterocycles. The summed E-state index contributed by atoms with van der Waals surface area (Å²) in [4.78, 5) is 42.6. The number of carbonyl (C=O) groups is 2. The molecular weight excluding hydrogens is 440 g/mol. The van der Waals surface area contributed by atoms with E-state index in [1.54, 1.807) is 54.6 Å². The Kier molecular flexibility index (Phi) is 6.24. The smallest absolute Gasteiger partial charge is 0.278 e. The van der Waals surface area contributed by atoms with Gasteiger partial charge in [0.15, 0.2) is 0 Å². The molecule has 0 aliphatic carbocycles. The van der Waals surface area contributed by atoms with Crippen LogP contribution in [0.25, 0.3) is 22.3 Å². The van der Waals surface area contributed by atoms with Gasteiger partial charge in [0, 0.05) is 23.2 Å². The number of nitrogens with zero attached hydrogens (tertiary/aromatic N) is 2. The molecule has 2 N–H and O–H groups in total. The molecule has 7 nitrogen and oxygen atoms in total. The summed E-state index contributed by atoms with van der Waals surface area (Å²) in [5.74, 6) is -0.628. The van der Waals surface area contributed by atoms with Gasteiger partial charge in [-0.3, -0.25) is 19.0 Å². The van der Waals surface area contributed by atoms with Crippen molar-refractivity contribution in [2.75, 3.05) is 10.6 Å².